The van der Waals surface area contributed by atoms with E-state index in [1.807, 2.05) is 18.7 Å². The van der Waals surface area contributed by atoms with E-state index in [1.54, 1.807) is 0 Å². The van der Waals surface area contributed by atoms with Crippen LogP contribution < -0.4 is 5.73 Å². The van der Waals surface area contributed by atoms with Gasteiger partial charge in [0.05, 0.1) is 12.1 Å². The highest BCUT2D eigenvalue weighted by Gasteiger charge is 2.35. The number of nitrogens with two attached hydrogens (primary N) is 1. The first-order valence-electron chi connectivity index (χ1n) is 8.36. The summed E-state index contributed by atoms with van der Waals surface area (Å²) in [5.41, 5.74) is 5.47. The zero-order valence-corrected chi connectivity index (χ0v) is 14.2. The van der Waals surface area contributed by atoms with Crippen LogP contribution in [0.25, 0.3) is 0 Å². The first-order valence-corrected chi connectivity index (χ1v) is 8.36. The smallest absolute Gasteiger partial charge is 0.242 e. The number of carbonyl (C=O) groups is 1. The summed E-state index contributed by atoms with van der Waals surface area (Å²) in [6.07, 6.45) is 2.72. The largest absolute Gasteiger partial charge is 0.380 e. The van der Waals surface area contributed by atoms with E-state index in [0.29, 0.717) is 6.04 Å². The maximum absolute atomic E-state index is 12.6. The van der Waals surface area contributed by atoms with Crippen molar-refractivity contribution in [2.45, 2.75) is 58.5 Å². The van der Waals surface area contributed by atoms with Gasteiger partial charge in [-0.3, -0.25) is 9.69 Å². The van der Waals surface area contributed by atoms with Crippen molar-refractivity contribution in [3.8, 4) is 0 Å². The van der Waals surface area contributed by atoms with Crippen LogP contribution in [0.15, 0.2) is 0 Å². The molecule has 1 heterocycles. The van der Waals surface area contributed by atoms with E-state index in [1.165, 1.54) is 0 Å². The minimum Gasteiger partial charge on any atom is -0.380 e. The highest BCUT2D eigenvalue weighted by atomic mass is 16.5. The third-order valence-electron chi connectivity index (χ3n) is 4.35. The van der Waals surface area contributed by atoms with Gasteiger partial charge in [0.25, 0.3) is 0 Å². The van der Waals surface area contributed by atoms with E-state index in [4.69, 9.17) is 10.5 Å². The predicted octanol–water partition coefficient (Wildman–Crippen LogP) is 1.46. The number of nitrogens with zero attached hydrogens (tertiary/aromatic N) is 2. The molecule has 0 saturated carbocycles. The highest BCUT2D eigenvalue weighted by Crippen LogP contribution is 2.18. The standard InChI is InChI=1S/C16H33N3O2/c1-5-8-16(4,17)15(20)19-10-9-18(11-12-21-7-3)14(6-2)13-19/h14H,5-13,17H2,1-4H3. The molecule has 1 rings (SSSR count). The summed E-state index contributed by atoms with van der Waals surface area (Å²) in [5.74, 6) is 0.104. The van der Waals surface area contributed by atoms with Gasteiger partial charge in [0.2, 0.25) is 5.91 Å². The first-order chi connectivity index (χ1) is 9.96. The van der Waals surface area contributed by atoms with Gasteiger partial charge in [0.15, 0.2) is 0 Å². The lowest BCUT2D eigenvalue weighted by atomic mass is 9.94. The molecule has 0 radical (unpaired) electrons. The maximum atomic E-state index is 12.6. The van der Waals surface area contributed by atoms with Crippen LogP contribution in [0.1, 0.15) is 47.0 Å². The summed E-state index contributed by atoms with van der Waals surface area (Å²) in [5, 5.41) is 0. The molecule has 2 N–H and O–H groups in total. The van der Waals surface area contributed by atoms with E-state index in [9.17, 15) is 4.79 Å². The second-order valence-corrected chi connectivity index (χ2v) is 6.21. The molecule has 1 amide bonds. The Balaban J connectivity index is 2.57. The lowest BCUT2D eigenvalue weighted by Gasteiger charge is -2.43. The van der Waals surface area contributed by atoms with E-state index in [-0.39, 0.29) is 5.91 Å². The Kier molecular flexibility index (Phi) is 7.63. The van der Waals surface area contributed by atoms with E-state index < -0.39 is 5.54 Å². The molecule has 0 aromatic rings. The zero-order chi connectivity index (χ0) is 15.9. The molecular weight excluding hydrogens is 266 g/mol. The quantitative estimate of drug-likeness (QED) is 0.690. The molecule has 124 valence electrons. The Hall–Kier alpha value is -0.650. The fourth-order valence-electron chi connectivity index (χ4n) is 3.07. The van der Waals surface area contributed by atoms with Crippen LogP contribution >= 0.6 is 0 Å². The van der Waals surface area contributed by atoms with Crippen molar-refractivity contribution in [3.63, 3.8) is 0 Å². The Morgan fingerprint density at radius 2 is 2.05 bits per heavy atom. The van der Waals surface area contributed by atoms with Crippen molar-refractivity contribution in [2.75, 3.05) is 39.4 Å². The Bertz CT molecular complexity index is 321. The summed E-state index contributed by atoms with van der Waals surface area (Å²) >= 11 is 0. The third kappa shape index (κ3) is 5.24. The second kappa shape index (κ2) is 8.71. The van der Waals surface area contributed by atoms with Gasteiger partial charge in [-0.15, -0.1) is 0 Å². The Morgan fingerprint density at radius 1 is 1.33 bits per heavy atom. The van der Waals surface area contributed by atoms with Gasteiger partial charge in [0.1, 0.15) is 0 Å². The van der Waals surface area contributed by atoms with Crippen LogP contribution in [0, 0.1) is 0 Å². The SMILES string of the molecule is CCCC(C)(N)C(=O)N1CCN(CCOCC)C(CC)C1. The number of hydrogen-bond donors (Lipinski definition) is 1. The van der Waals surface area contributed by atoms with Crippen molar-refractivity contribution in [3.05, 3.63) is 0 Å². The second-order valence-electron chi connectivity index (χ2n) is 6.21. The van der Waals surface area contributed by atoms with E-state index in [2.05, 4.69) is 18.7 Å². The molecule has 0 bridgehead atoms. The number of rotatable bonds is 8. The van der Waals surface area contributed by atoms with Gasteiger partial charge in [-0.2, -0.15) is 0 Å². The molecule has 5 nitrogen and oxygen atoms in total. The monoisotopic (exact) mass is 299 g/mol. The average Bonchev–Trinajstić information content (AvgIpc) is 2.47. The summed E-state index contributed by atoms with van der Waals surface area (Å²) in [6, 6.07) is 0.417. The van der Waals surface area contributed by atoms with Crippen LogP contribution in [0.4, 0.5) is 0 Å². The number of piperazine rings is 1. The predicted molar refractivity (Wildman–Crippen MR) is 86.2 cm³/mol. The van der Waals surface area contributed by atoms with Crippen LogP contribution in [0.2, 0.25) is 0 Å². The molecule has 0 aliphatic carbocycles. The molecule has 1 saturated heterocycles. The summed E-state index contributed by atoms with van der Waals surface area (Å²) in [6.45, 7) is 13.1. The van der Waals surface area contributed by atoms with E-state index in [0.717, 1.165) is 58.7 Å². The lowest BCUT2D eigenvalue weighted by Crippen LogP contribution is -2.61. The minimum atomic E-state index is -0.722. The molecule has 5 heteroatoms. The van der Waals surface area contributed by atoms with Crippen LogP contribution in [0.5, 0.6) is 0 Å². The van der Waals surface area contributed by atoms with Crippen molar-refractivity contribution in [1.29, 1.82) is 0 Å². The molecule has 1 aliphatic rings. The number of carbonyl (C=O) groups excluding carboxylic acids is 1. The third-order valence-corrected chi connectivity index (χ3v) is 4.35. The average molecular weight is 299 g/mol. The van der Waals surface area contributed by atoms with Gasteiger partial charge in [-0.25, -0.2) is 0 Å². The molecule has 1 fully saturated rings. The molecule has 2 unspecified atom stereocenters. The lowest BCUT2D eigenvalue weighted by molar-refractivity contribution is -0.140. The van der Waals surface area contributed by atoms with Crippen LogP contribution in [-0.4, -0.2) is 66.7 Å². The van der Waals surface area contributed by atoms with Crippen molar-refractivity contribution < 1.29 is 9.53 Å². The van der Waals surface area contributed by atoms with Gasteiger partial charge in [-0.1, -0.05) is 20.3 Å². The van der Waals surface area contributed by atoms with Gasteiger partial charge < -0.3 is 15.4 Å². The zero-order valence-electron chi connectivity index (χ0n) is 14.2. The summed E-state index contributed by atoms with van der Waals surface area (Å²) in [4.78, 5) is 17.0. The maximum Gasteiger partial charge on any atom is 0.242 e. The van der Waals surface area contributed by atoms with Crippen molar-refractivity contribution >= 4 is 5.91 Å². The molecule has 0 aromatic carbocycles. The van der Waals surface area contributed by atoms with Gasteiger partial charge in [0, 0.05) is 38.8 Å². The highest BCUT2D eigenvalue weighted by molar-refractivity contribution is 5.85. The topological polar surface area (TPSA) is 58.8 Å². The van der Waals surface area contributed by atoms with Crippen molar-refractivity contribution in [1.82, 2.24) is 9.80 Å². The Morgan fingerprint density at radius 3 is 2.62 bits per heavy atom. The normalized spacial score (nSPS) is 23.1. The molecular formula is C16H33N3O2. The fraction of sp³-hybridized carbons (Fsp3) is 0.938. The fourth-order valence-corrected chi connectivity index (χ4v) is 3.07. The minimum absolute atomic E-state index is 0.104. The Labute approximate surface area is 129 Å². The van der Waals surface area contributed by atoms with Crippen LogP contribution in [0.3, 0.4) is 0 Å². The van der Waals surface area contributed by atoms with Gasteiger partial charge in [-0.05, 0) is 26.7 Å². The molecule has 0 aromatic heterocycles. The number of ether oxygens (including phenoxy) is 1. The van der Waals surface area contributed by atoms with Gasteiger partial charge >= 0.3 is 0 Å². The molecule has 1 aliphatic heterocycles. The van der Waals surface area contributed by atoms with E-state index >= 15 is 0 Å². The van der Waals surface area contributed by atoms with Crippen LogP contribution in [-0.2, 0) is 9.53 Å². The molecule has 0 spiro atoms. The number of amides is 1. The molecule has 21 heavy (non-hydrogen) atoms. The first kappa shape index (κ1) is 18.4. The number of hydrogen-bond acceptors (Lipinski definition) is 4. The molecule has 2 atom stereocenters. The van der Waals surface area contributed by atoms with Crippen molar-refractivity contribution in [2.24, 2.45) is 5.73 Å². The summed E-state index contributed by atoms with van der Waals surface area (Å²) in [7, 11) is 0. The summed E-state index contributed by atoms with van der Waals surface area (Å²) < 4.78 is 5.45.